The maximum atomic E-state index is 14.6. The van der Waals surface area contributed by atoms with Crippen molar-refractivity contribution in [2.45, 2.75) is 43.7 Å². The molecule has 2 aromatic heterocycles. The van der Waals surface area contributed by atoms with E-state index in [4.69, 9.17) is 14.2 Å². The molecule has 0 bridgehead atoms. The van der Waals surface area contributed by atoms with Crippen LogP contribution in [0.1, 0.15) is 42.3 Å². The number of pyridine rings is 2. The molecule has 1 aliphatic carbocycles. The molecule has 4 amide bonds. The van der Waals surface area contributed by atoms with E-state index >= 15 is 0 Å². The number of carbonyl (C=O) groups is 4. The molecule has 4 aliphatic rings. The highest BCUT2D eigenvalue weighted by Gasteiger charge is 2.57. The van der Waals surface area contributed by atoms with Gasteiger partial charge in [-0.1, -0.05) is 6.07 Å². The highest BCUT2D eigenvalue weighted by Crippen LogP contribution is 2.46. The fourth-order valence-electron chi connectivity index (χ4n) is 7.17. The number of benzene rings is 1. The standard InChI is InChI=1S/C35H34F2N6O7/c1-3-20(2)50-33(47)43-16-28(21-9-23(36)12-24(37)10-21)42(32(46)35(43)18-48-7-8-49-19-35)17-29(44)40-25-11-22-13-34(14-27(22)39-15-25)26-5-4-6-38-30(26)41-31(34)45/h3-6,9-12,15,28H,7-8,13-14,16-19H2,1-2H3,(H,40,44)(H,38,41,45)/b20-3-/t28-,34?/m0/s1. The minimum Gasteiger partial charge on any atom is -0.415 e. The van der Waals surface area contributed by atoms with E-state index in [2.05, 4.69) is 20.6 Å². The van der Waals surface area contributed by atoms with E-state index in [9.17, 15) is 28.0 Å². The Morgan fingerprint density at radius 1 is 1.10 bits per heavy atom. The predicted molar refractivity (Wildman–Crippen MR) is 173 cm³/mol. The zero-order valence-electron chi connectivity index (χ0n) is 27.3. The van der Waals surface area contributed by atoms with Crippen molar-refractivity contribution < 1.29 is 42.2 Å². The molecule has 260 valence electrons. The number of nitrogens with zero attached hydrogens (tertiary/aromatic N) is 4. The molecule has 13 nitrogen and oxygen atoms in total. The maximum Gasteiger partial charge on any atom is 0.416 e. The van der Waals surface area contributed by atoms with E-state index in [-0.39, 0.29) is 50.2 Å². The van der Waals surface area contributed by atoms with Crippen molar-refractivity contribution in [3.8, 4) is 0 Å². The third kappa shape index (κ3) is 5.75. The Morgan fingerprint density at radius 2 is 1.84 bits per heavy atom. The smallest absolute Gasteiger partial charge is 0.415 e. The van der Waals surface area contributed by atoms with Crippen LogP contribution in [0.15, 0.2) is 60.6 Å². The molecule has 1 aromatic carbocycles. The Balaban J connectivity index is 1.18. The van der Waals surface area contributed by atoms with Crippen molar-refractivity contribution in [1.29, 1.82) is 0 Å². The monoisotopic (exact) mass is 688 g/mol. The number of allylic oxidation sites excluding steroid dienone is 2. The first-order valence-corrected chi connectivity index (χ1v) is 16.1. The van der Waals surface area contributed by atoms with Crippen molar-refractivity contribution >= 4 is 35.3 Å². The number of carbonyl (C=O) groups excluding carboxylic acids is 4. The van der Waals surface area contributed by atoms with Crippen LogP contribution >= 0.6 is 0 Å². The Labute approximate surface area is 285 Å². The largest absolute Gasteiger partial charge is 0.416 e. The van der Waals surface area contributed by atoms with Gasteiger partial charge in [-0.3, -0.25) is 24.3 Å². The molecule has 50 heavy (non-hydrogen) atoms. The summed E-state index contributed by atoms with van der Waals surface area (Å²) in [6.07, 6.45) is 4.49. The van der Waals surface area contributed by atoms with E-state index in [0.717, 1.165) is 28.2 Å². The van der Waals surface area contributed by atoms with E-state index in [0.29, 0.717) is 36.1 Å². The highest BCUT2D eigenvalue weighted by atomic mass is 19.1. The van der Waals surface area contributed by atoms with E-state index in [1.54, 1.807) is 38.3 Å². The third-order valence-electron chi connectivity index (χ3n) is 9.71. The fraction of sp³-hybridized carbons (Fsp3) is 0.371. The summed E-state index contributed by atoms with van der Waals surface area (Å²) in [5.74, 6) is -2.52. The van der Waals surface area contributed by atoms with Gasteiger partial charge in [0.2, 0.25) is 11.8 Å². The van der Waals surface area contributed by atoms with Gasteiger partial charge in [0, 0.05) is 29.9 Å². The second-order valence-corrected chi connectivity index (χ2v) is 12.8. The molecule has 15 heteroatoms. The molecule has 2 N–H and O–H groups in total. The SMILES string of the molecule is C/C=C(/C)OC(=O)N1C[C@@H](c2cc(F)cc(F)c2)N(CC(=O)Nc2cnc3c(c2)CC2(C3)C(=O)Nc3ncccc32)C(=O)C12COCCOC2. The number of halogens is 2. The quantitative estimate of drug-likeness (QED) is 0.384. The molecular weight excluding hydrogens is 654 g/mol. The van der Waals surface area contributed by atoms with Crippen LogP contribution in [0.4, 0.5) is 25.1 Å². The number of ether oxygens (including phenoxy) is 3. The van der Waals surface area contributed by atoms with E-state index in [1.807, 2.05) is 6.07 Å². The fourth-order valence-corrected chi connectivity index (χ4v) is 7.17. The van der Waals surface area contributed by atoms with E-state index in [1.165, 1.54) is 11.1 Å². The number of hydrogen-bond donors (Lipinski definition) is 2. The Kier molecular flexibility index (Phi) is 8.56. The lowest BCUT2D eigenvalue weighted by Gasteiger charge is -2.51. The summed E-state index contributed by atoms with van der Waals surface area (Å²) in [5, 5.41) is 5.64. The lowest BCUT2D eigenvalue weighted by atomic mass is 9.80. The van der Waals surface area contributed by atoms with Crippen molar-refractivity contribution in [1.82, 2.24) is 19.8 Å². The van der Waals surface area contributed by atoms with Crippen LogP contribution in [0.5, 0.6) is 0 Å². The second kappa shape index (κ2) is 12.9. The molecule has 7 rings (SSSR count). The average Bonchev–Trinajstić information content (AvgIpc) is 3.47. The number of rotatable bonds is 5. The summed E-state index contributed by atoms with van der Waals surface area (Å²) in [4.78, 5) is 66.1. The molecule has 2 saturated heterocycles. The van der Waals surface area contributed by atoms with Crippen LogP contribution in [0.2, 0.25) is 0 Å². The van der Waals surface area contributed by atoms with Crippen molar-refractivity contribution in [2.24, 2.45) is 0 Å². The van der Waals surface area contributed by atoms with Crippen molar-refractivity contribution in [2.75, 3.05) is 50.2 Å². The summed E-state index contributed by atoms with van der Waals surface area (Å²) in [6.45, 7) is 2.18. The van der Waals surface area contributed by atoms with Crippen LogP contribution in [0, 0.1) is 11.6 Å². The minimum absolute atomic E-state index is 0.0311. The van der Waals surface area contributed by atoms with Crippen LogP contribution in [-0.2, 0) is 46.9 Å². The van der Waals surface area contributed by atoms with Crippen LogP contribution in [-0.4, -0.2) is 88.6 Å². The number of nitrogens with one attached hydrogen (secondary N) is 2. The molecule has 0 radical (unpaired) electrons. The van der Waals surface area contributed by atoms with Gasteiger partial charge in [-0.25, -0.2) is 18.6 Å². The van der Waals surface area contributed by atoms with Crippen molar-refractivity contribution in [3.63, 3.8) is 0 Å². The van der Waals surface area contributed by atoms with Crippen LogP contribution in [0.3, 0.4) is 0 Å². The highest BCUT2D eigenvalue weighted by molar-refractivity contribution is 6.06. The first-order valence-electron chi connectivity index (χ1n) is 16.1. The van der Waals surface area contributed by atoms with Gasteiger partial charge in [-0.05, 0) is 61.7 Å². The van der Waals surface area contributed by atoms with Gasteiger partial charge in [0.15, 0.2) is 5.54 Å². The lowest BCUT2D eigenvalue weighted by Crippen LogP contribution is -2.72. The number of aromatic nitrogens is 2. The van der Waals surface area contributed by atoms with E-state index < -0.39 is 53.1 Å². The van der Waals surface area contributed by atoms with Crippen molar-refractivity contribution in [3.05, 3.63) is 94.6 Å². The van der Waals surface area contributed by atoms with Gasteiger partial charge in [-0.2, -0.15) is 0 Å². The molecule has 5 heterocycles. The molecule has 1 unspecified atom stereocenters. The topological polar surface area (TPSA) is 152 Å². The molecule has 3 aromatic rings. The first kappa shape index (κ1) is 33.2. The Hall–Kier alpha value is -5.28. The molecule has 2 atom stereocenters. The van der Waals surface area contributed by atoms with Gasteiger partial charge < -0.3 is 29.7 Å². The Morgan fingerprint density at radius 3 is 2.56 bits per heavy atom. The average molecular weight is 689 g/mol. The van der Waals surface area contributed by atoms with Crippen LogP contribution < -0.4 is 10.6 Å². The zero-order valence-corrected chi connectivity index (χ0v) is 27.3. The molecule has 3 aliphatic heterocycles. The summed E-state index contributed by atoms with van der Waals surface area (Å²) >= 11 is 0. The zero-order chi connectivity index (χ0) is 35.2. The molecule has 2 fully saturated rings. The molecule has 0 saturated carbocycles. The molecule has 2 spiro atoms. The number of amides is 4. The van der Waals surface area contributed by atoms with Gasteiger partial charge in [0.25, 0.3) is 5.91 Å². The van der Waals surface area contributed by atoms with Gasteiger partial charge >= 0.3 is 6.09 Å². The molecular formula is C35H34F2N6O7. The maximum absolute atomic E-state index is 14.6. The second-order valence-electron chi connectivity index (χ2n) is 12.8. The van der Waals surface area contributed by atoms with Gasteiger partial charge in [0.05, 0.1) is 56.3 Å². The van der Waals surface area contributed by atoms with Gasteiger partial charge in [0.1, 0.15) is 29.8 Å². The Bertz CT molecular complexity index is 1910. The first-order chi connectivity index (χ1) is 24.0. The summed E-state index contributed by atoms with van der Waals surface area (Å²) in [7, 11) is 0. The summed E-state index contributed by atoms with van der Waals surface area (Å²) < 4.78 is 46.0. The third-order valence-corrected chi connectivity index (χ3v) is 9.71. The number of anilines is 2. The lowest BCUT2D eigenvalue weighted by molar-refractivity contribution is -0.163. The van der Waals surface area contributed by atoms with Gasteiger partial charge in [-0.15, -0.1) is 0 Å². The number of piperazine rings is 1. The summed E-state index contributed by atoms with van der Waals surface area (Å²) in [6, 6.07) is 7.03. The minimum atomic E-state index is -1.74. The normalized spacial score (nSPS) is 22.6. The number of hydrogen-bond acceptors (Lipinski definition) is 9. The number of fused-ring (bicyclic) bond motifs is 3. The predicted octanol–water partition coefficient (Wildman–Crippen LogP) is 3.41. The van der Waals surface area contributed by atoms with Crippen LogP contribution in [0.25, 0.3) is 0 Å². The summed E-state index contributed by atoms with van der Waals surface area (Å²) in [5.41, 5.74) is 0.0425.